The van der Waals surface area contributed by atoms with Crippen LogP contribution >= 0.6 is 46.8 Å². The second-order valence-corrected chi connectivity index (χ2v) is 8.41. The first-order valence-corrected chi connectivity index (χ1v) is 11.0. The van der Waals surface area contributed by atoms with Crippen molar-refractivity contribution in [3.8, 4) is 0 Å². The lowest BCUT2D eigenvalue weighted by Gasteiger charge is -2.39. The van der Waals surface area contributed by atoms with E-state index in [1.54, 1.807) is 0 Å². The molecule has 1 heterocycles. The molecular weight excluding hydrogens is 434 g/mol. The van der Waals surface area contributed by atoms with Crippen LogP contribution in [-0.4, -0.2) is 70.5 Å². The highest BCUT2D eigenvalue weighted by atomic mass is 79.9. The average Bonchev–Trinajstić information content (AvgIpc) is 2.54. The molecule has 0 aliphatic carbocycles. The lowest BCUT2D eigenvalue weighted by molar-refractivity contribution is -0.0923. The molecule has 0 aromatic carbocycles. The summed E-state index contributed by atoms with van der Waals surface area (Å²) in [6.07, 6.45) is 0.229. The second kappa shape index (κ2) is 11.1. The SMILES string of the molecule is O=C(NCCCBr)N(O)C1CCOP(=O)(N(CCCl)CCCl)N1. The number of nitrogens with one attached hydrogen (secondary N) is 2. The number of carbonyl (C=O) groups is 1. The van der Waals surface area contributed by atoms with Crippen LogP contribution in [0.5, 0.6) is 0 Å². The van der Waals surface area contributed by atoms with E-state index in [1.165, 1.54) is 4.67 Å². The number of rotatable bonds is 9. The molecule has 2 unspecified atom stereocenters. The standard InChI is InChI=1S/C11H22BrCl2N4O4P/c12-3-1-6-15-11(19)18(20)10-2-9-22-23(21,16-10)17(7-4-13)8-5-14/h10,20H,1-9H2,(H,15,19)(H,16,21). The molecular formula is C11H22BrCl2N4O4P. The van der Waals surface area contributed by atoms with Gasteiger partial charge in [0.25, 0.3) is 0 Å². The first kappa shape index (κ1) is 21.4. The quantitative estimate of drug-likeness (QED) is 0.162. The Balaban J connectivity index is 2.67. The van der Waals surface area contributed by atoms with Crippen LogP contribution in [0.25, 0.3) is 0 Å². The van der Waals surface area contributed by atoms with Gasteiger partial charge in [-0.1, -0.05) is 15.9 Å². The highest BCUT2D eigenvalue weighted by Gasteiger charge is 2.40. The third kappa shape index (κ3) is 6.66. The van der Waals surface area contributed by atoms with Crippen LogP contribution in [0.4, 0.5) is 4.79 Å². The van der Waals surface area contributed by atoms with Gasteiger partial charge in [0.2, 0.25) is 0 Å². The summed E-state index contributed by atoms with van der Waals surface area (Å²) in [5.74, 6) is 0.513. The number of amides is 2. The Morgan fingerprint density at radius 3 is 2.65 bits per heavy atom. The molecule has 23 heavy (non-hydrogen) atoms. The van der Waals surface area contributed by atoms with Crippen molar-refractivity contribution >= 4 is 52.8 Å². The highest BCUT2D eigenvalue weighted by molar-refractivity contribution is 9.09. The van der Waals surface area contributed by atoms with Gasteiger partial charge < -0.3 is 9.84 Å². The summed E-state index contributed by atoms with van der Waals surface area (Å²) >= 11 is 14.7. The summed E-state index contributed by atoms with van der Waals surface area (Å²) in [5, 5.41) is 16.6. The van der Waals surface area contributed by atoms with Gasteiger partial charge in [0.15, 0.2) is 0 Å². The second-order valence-electron chi connectivity index (χ2n) is 4.74. The van der Waals surface area contributed by atoms with Gasteiger partial charge in [0.05, 0.1) is 6.61 Å². The largest absolute Gasteiger partial charge is 0.345 e. The number of urea groups is 1. The predicted octanol–water partition coefficient (Wildman–Crippen LogP) is 2.40. The monoisotopic (exact) mass is 454 g/mol. The zero-order valence-electron chi connectivity index (χ0n) is 12.6. The van der Waals surface area contributed by atoms with Gasteiger partial charge in [-0.15, -0.1) is 23.2 Å². The van der Waals surface area contributed by atoms with Crippen LogP contribution in [-0.2, 0) is 9.09 Å². The van der Waals surface area contributed by atoms with Gasteiger partial charge in [-0.2, -0.15) is 5.06 Å². The number of alkyl halides is 3. The van der Waals surface area contributed by atoms with Crippen LogP contribution in [0.15, 0.2) is 0 Å². The van der Waals surface area contributed by atoms with E-state index in [9.17, 15) is 14.6 Å². The summed E-state index contributed by atoms with van der Waals surface area (Å²) in [6.45, 7) is 1.19. The topological polar surface area (TPSA) is 94.1 Å². The van der Waals surface area contributed by atoms with Crippen LogP contribution < -0.4 is 10.4 Å². The molecule has 8 nitrogen and oxygen atoms in total. The number of carbonyl (C=O) groups excluding carboxylic acids is 1. The summed E-state index contributed by atoms with van der Waals surface area (Å²) in [5.41, 5.74) is 0. The lowest BCUT2D eigenvalue weighted by Crippen LogP contribution is -2.53. The van der Waals surface area contributed by atoms with Crippen molar-refractivity contribution in [3.63, 3.8) is 0 Å². The molecule has 2 amide bonds. The zero-order valence-corrected chi connectivity index (χ0v) is 16.6. The van der Waals surface area contributed by atoms with Crippen molar-refractivity contribution < 1.29 is 19.1 Å². The molecule has 0 aromatic heterocycles. The van der Waals surface area contributed by atoms with Crippen LogP contribution in [0.2, 0.25) is 0 Å². The van der Waals surface area contributed by atoms with E-state index in [-0.39, 0.29) is 18.4 Å². The average molecular weight is 456 g/mol. The van der Waals surface area contributed by atoms with E-state index in [0.717, 1.165) is 11.8 Å². The Morgan fingerprint density at radius 2 is 2.09 bits per heavy atom. The maximum Gasteiger partial charge on any atom is 0.345 e. The molecule has 136 valence electrons. The number of hydrogen-bond acceptors (Lipinski definition) is 4. The molecule has 0 bridgehead atoms. The summed E-state index contributed by atoms with van der Waals surface area (Å²) in [7, 11) is -3.41. The van der Waals surface area contributed by atoms with Crippen LogP contribution in [0, 0.1) is 0 Å². The Labute approximate surface area is 154 Å². The third-order valence-corrected chi connectivity index (χ3v) is 6.32. The highest BCUT2D eigenvalue weighted by Crippen LogP contribution is 2.49. The van der Waals surface area contributed by atoms with Crippen molar-refractivity contribution in [1.29, 1.82) is 0 Å². The minimum atomic E-state index is -3.41. The van der Waals surface area contributed by atoms with Gasteiger partial charge in [-0.3, -0.25) is 9.77 Å². The number of hydroxylamine groups is 2. The van der Waals surface area contributed by atoms with Crippen LogP contribution in [0.1, 0.15) is 12.8 Å². The molecule has 1 aliphatic rings. The van der Waals surface area contributed by atoms with Crippen LogP contribution in [0.3, 0.4) is 0 Å². The number of halogens is 3. The molecule has 1 saturated heterocycles. The molecule has 0 aromatic rings. The summed E-state index contributed by atoms with van der Waals surface area (Å²) in [4.78, 5) is 11.9. The first-order chi connectivity index (χ1) is 11.0. The first-order valence-electron chi connectivity index (χ1n) is 7.20. The molecule has 1 fully saturated rings. The minimum absolute atomic E-state index is 0.141. The molecule has 12 heteroatoms. The van der Waals surface area contributed by atoms with Crippen molar-refractivity contribution in [2.75, 3.05) is 43.3 Å². The number of nitrogens with zero attached hydrogens (tertiary/aromatic N) is 2. The number of hydrogen-bond donors (Lipinski definition) is 3. The van der Waals surface area contributed by atoms with Crippen molar-refractivity contribution in [3.05, 3.63) is 0 Å². The fraction of sp³-hybridized carbons (Fsp3) is 0.909. The van der Waals surface area contributed by atoms with E-state index < -0.39 is 19.9 Å². The zero-order chi connectivity index (χ0) is 17.3. The molecule has 0 radical (unpaired) electrons. The molecule has 1 aliphatic heterocycles. The fourth-order valence-electron chi connectivity index (χ4n) is 1.97. The van der Waals surface area contributed by atoms with Gasteiger partial charge >= 0.3 is 13.7 Å². The summed E-state index contributed by atoms with van der Waals surface area (Å²) < 4.78 is 19.8. The van der Waals surface area contributed by atoms with E-state index in [0.29, 0.717) is 31.1 Å². The Kier molecular flexibility index (Phi) is 10.3. The maximum absolute atomic E-state index is 12.9. The third-order valence-electron chi connectivity index (χ3n) is 3.12. The Hall–Kier alpha value is 0.400. The molecule has 3 N–H and O–H groups in total. The van der Waals surface area contributed by atoms with E-state index >= 15 is 0 Å². The predicted molar refractivity (Wildman–Crippen MR) is 93.5 cm³/mol. The van der Waals surface area contributed by atoms with E-state index in [2.05, 4.69) is 26.3 Å². The Morgan fingerprint density at radius 1 is 1.43 bits per heavy atom. The fourth-order valence-corrected chi connectivity index (χ4v) is 4.99. The Bertz CT molecular complexity index is 417. The molecule has 0 saturated carbocycles. The van der Waals surface area contributed by atoms with E-state index in [1.807, 2.05) is 0 Å². The van der Waals surface area contributed by atoms with E-state index in [4.69, 9.17) is 27.7 Å². The van der Waals surface area contributed by atoms with Gasteiger partial charge in [-0.05, 0) is 6.42 Å². The molecule has 0 spiro atoms. The van der Waals surface area contributed by atoms with Gasteiger partial charge in [-0.25, -0.2) is 14.6 Å². The van der Waals surface area contributed by atoms with Crippen molar-refractivity contribution in [1.82, 2.24) is 20.1 Å². The van der Waals surface area contributed by atoms with Gasteiger partial charge in [0, 0.05) is 43.1 Å². The van der Waals surface area contributed by atoms with Crippen molar-refractivity contribution in [2.24, 2.45) is 0 Å². The van der Waals surface area contributed by atoms with Gasteiger partial charge in [0.1, 0.15) is 6.17 Å². The smallest absolute Gasteiger partial charge is 0.336 e. The molecule has 2 atom stereocenters. The normalized spacial score (nSPS) is 24.7. The van der Waals surface area contributed by atoms with Crippen molar-refractivity contribution in [2.45, 2.75) is 19.0 Å². The minimum Gasteiger partial charge on any atom is -0.336 e. The molecule has 1 rings (SSSR count). The lowest BCUT2D eigenvalue weighted by atomic mass is 10.3. The maximum atomic E-state index is 12.9. The summed E-state index contributed by atoms with van der Waals surface area (Å²) in [6, 6.07) is -0.655.